The molecule has 0 amide bonds. The van der Waals surface area contributed by atoms with Crippen LogP contribution in [0.15, 0.2) is 24.3 Å². The second-order valence-electron chi connectivity index (χ2n) is 4.72. The summed E-state index contributed by atoms with van der Waals surface area (Å²) in [4.78, 5) is 0. The van der Waals surface area contributed by atoms with Crippen LogP contribution < -0.4 is 10.1 Å². The van der Waals surface area contributed by atoms with Crippen LogP contribution in [0.3, 0.4) is 0 Å². The zero-order chi connectivity index (χ0) is 13.3. The van der Waals surface area contributed by atoms with E-state index >= 15 is 0 Å². The number of hydrogen-bond donors (Lipinski definition) is 1. The largest absolute Gasteiger partial charge is 0.491 e. The van der Waals surface area contributed by atoms with Gasteiger partial charge in [-0.1, -0.05) is 18.2 Å². The molecule has 0 saturated heterocycles. The average molecular weight is 265 g/mol. The highest BCUT2D eigenvalue weighted by molar-refractivity contribution is 5.33. The molecule has 0 radical (unpaired) electrons. The van der Waals surface area contributed by atoms with E-state index < -0.39 is 0 Å². The van der Waals surface area contributed by atoms with Crippen molar-refractivity contribution in [3.63, 3.8) is 0 Å². The molecule has 0 bridgehead atoms. The van der Waals surface area contributed by atoms with Crippen LogP contribution in [0.2, 0.25) is 0 Å². The first-order valence-electron chi connectivity index (χ1n) is 6.91. The van der Waals surface area contributed by atoms with Gasteiger partial charge in [0.05, 0.1) is 19.8 Å². The lowest BCUT2D eigenvalue weighted by Crippen LogP contribution is -2.16. The van der Waals surface area contributed by atoms with Gasteiger partial charge in [0.25, 0.3) is 0 Å². The van der Waals surface area contributed by atoms with E-state index in [-0.39, 0.29) is 0 Å². The Morgan fingerprint density at radius 3 is 2.68 bits per heavy atom. The second-order valence-corrected chi connectivity index (χ2v) is 4.72. The molecule has 0 spiro atoms. The fraction of sp³-hybridized carbons (Fsp3) is 0.600. The summed E-state index contributed by atoms with van der Waals surface area (Å²) in [5, 5.41) is 3.50. The molecule has 1 N–H and O–H groups in total. The van der Waals surface area contributed by atoms with Gasteiger partial charge < -0.3 is 19.5 Å². The SMILES string of the molecule is COCCOCCOc1ccccc1CNC1CC1. The average Bonchev–Trinajstić information content (AvgIpc) is 3.25. The van der Waals surface area contributed by atoms with Crippen LogP contribution in [-0.2, 0) is 16.0 Å². The number of benzene rings is 1. The highest BCUT2D eigenvalue weighted by atomic mass is 16.5. The third kappa shape index (κ3) is 5.59. The van der Waals surface area contributed by atoms with Crippen LogP contribution in [0.4, 0.5) is 0 Å². The molecule has 0 atom stereocenters. The van der Waals surface area contributed by atoms with E-state index in [4.69, 9.17) is 14.2 Å². The minimum absolute atomic E-state index is 0.574. The summed E-state index contributed by atoms with van der Waals surface area (Å²) < 4.78 is 16.1. The van der Waals surface area contributed by atoms with Crippen molar-refractivity contribution in [1.29, 1.82) is 0 Å². The van der Waals surface area contributed by atoms with Crippen LogP contribution >= 0.6 is 0 Å². The molecule has 1 aromatic carbocycles. The van der Waals surface area contributed by atoms with E-state index in [1.54, 1.807) is 7.11 Å². The first kappa shape index (κ1) is 14.3. The lowest BCUT2D eigenvalue weighted by molar-refractivity contribution is 0.0542. The Kier molecular flexibility index (Phi) is 6.14. The number of hydrogen-bond acceptors (Lipinski definition) is 4. The van der Waals surface area contributed by atoms with Gasteiger partial charge in [-0.05, 0) is 18.9 Å². The molecule has 1 aliphatic rings. The molecule has 1 saturated carbocycles. The first-order chi connectivity index (χ1) is 9.40. The Hall–Kier alpha value is -1.10. The molecule has 0 aromatic heterocycles. The zero-order valence-corrected chi connectivity index (χ0v) is 11.6. The van der Waals surface area contributed by atoms with Crippen molar-refractivity contribution in [2.24, 2.45) is 0 Å². The van der Waals surface area contributed by atoms with E-state index in [2.05, 4.69) is 11.4 Å². The molecule has 4 heteroatoms. The minimum atomic E-state index is 0.574. The van der Waals surface area contributed by atoms with E-state index in [1.807, 2.05) is 18.2 Å². The first-order valence-corrected chi connectivity index (χ1v) is 6.91. The van der Waals surface area contributed by atoms with Gasteiger partial charge in [0.1, 0.15) is 12.4 Å². The van der Waals surface area contributed by atoms with Crippen molar-refractivity contribution < 1.29 is 14.2 Å². The minimum Gasteiger partial charge on any atom is -0.491 e. The van der Waals surface area contributed by atoms with E-state index in [0.717, 1.165) is 12.3 Å². The number of methoxy groups -OCH3 is 1. The monoisotopic (exact) mass is 265 g/mol. The summed E-state index contributed by atoms with van der Waals surface area (Å²) in [6, 6.07) is 8.88. The van der Waals surface area contributed by atoms with Gasteiger partial charge in [-0.2, -0.15) is 0 Å². The summed E-state index contributed by atoms with van der Waals surface area (Å²) in [7, 11) is 1.67. The summed E-state index contributed by atoms with van der Waals surface area (Å²) in [5.41, 5.74) is 1.21. The second kappa shape index (κ2) is 8.15. The predicted octanol–water partition coefficient (Wildman–Crippen LogP) is 1.98. The van der Waals surface area contributed by atoms with Crippen molar-refractivity contribution in [3.8, 4) is 5.75 Å². The van der Waals surface area contributed by atoms with E-state index in [9.17, 15) is 0 Å². The molecule has 0 heterocycles. The summed E-state index contributed by atoms with van der Waals surface area (Å²) in [6.45, 7) is 3.29. The van der Waals surface area contributed by atoms with Gasteiger partial charge in [0.2, 0.25) is 0 Å². The Morgan fingerprint density at radius 1 is 1.11 bits per heavy atom. The van der Waals surface area contributed by atoms with Gasteiger partial charge in [-0.3, -0.25) is 0 Å². The van der Waals surface area contributed by atoms with E-state index in [1.165, 1.54) is 18.4 Å². The van der Waals surface area contributed by atoms with Crippen molar-refractivity contribution in [2.75, 3.05) is 33.5 Å². The Balaban J connectivity index is 1.68. The van der Waals surface area contributed by atoms with Crippen LogP contribution in [0.1, 0.15) is 18.4 Å². The Labute approximate surface area is 115 Å². The van der Waals surface area contributed by atoms with Crippen molar-refractivity contribution in [1.82, 2.24) is 5.32 Å². The summed E-state index contributed by atoms with van der Waals surface area (Å²) in [5.74, 6) is 0.950. The maximum Gasteiger partial charge on any atom is 0.123 e. The standard InChI is InChI=1S/C15H23NO3/c1-17-8-9-18-10-11-19-15-5-3-2-4-13(15)12-16-14-6-7-14/h2-5,14,16H,6-12H2,1H3. The number of rotatable bonds is 10. The van der Waals surface area contributed by atoms with Gasteiger partial charge in [0.15, 0.2) is 0 Å². The molecule has 2 rings (SSSR count). The molecule has 0 aliphatic heterocycles. The van der Waals surface area contributed by atoms with E-state index in [0.29, 0.717) is 32.5 Å². The summed E-state index contributed by atoms with van der Waals surface area (Å²) in [6.07, 6.45) is 2.60. The fourth-order valence-corrected chi connectivity index (χ4v) is 1.79. The Bertz CT molecular complexity index is 366. The van der Waals surface area contributed by atoms with Crippen molar-refractivity contribution in [3.05, 3.63) is 29.8 Å². The third-order valence-electron chi connectivity index (χ3n) is 3.05. The number of ether oxygens (including phenoxy) is 3. The maximum absolute atomic E-state index is 5.76. The topological polar surface area (TPSA) is 39.7 Å². The van der Waals surface area contributed by atoms with Gasteiger partial charge in [0, 0.05) is 25.3 Å². The van der Waals surface area contributed by atoms with Crippen molar-refractivity contribution in [2.45, 2.75) is 25.4 Å². The molecule has 1 aromatic rings. The van der Waals surface area contributed by atoms with Crippen LogP contribution in [-0.4, -0.2) is 39.6 Å². The maximum atomic E-state index is 5.76. The van der Waals surface area contributed by atoms with Crippen LogP contribution in [0, 0.1) is 0 Å². The number of nitrogens with one attached hydrogen (secondary N) is 1. The van der Waals surface area contributed by atoms with Crippen molar-refractivity contribution >= 4 is 0 Å². The highest BCUT2D eigenvalue weighted by Gasteiger charge is 2.20. The smallest absolute Gasteiger partial charge is 0.123 e. The van der Waals surface area contributed by atoms with Gasteiger partial charge in [-0.15, -0.1) is 0 Å². The van der Waals surface area contributed by atoms with Gasteiger partial charge in [-0.25, -0.2) is 0 Å². The molecule has 1 aliphatic carbocycles. The normalized spacial score (nSPS) is 14.6. The molecule has 106 valence electrons. The predicted molar refractivity (Wildman–Crippen MR) is 74.5 cm³/mol. The fourth-order valence-electron chi connectivity index (χ4n) is 1.79. The highest BCUT2D eigenvalue weighted by Crippen LogP contribution is 2.22. The zero-order valence-electron chi connectivity index (χ0n) is 11.6. The number of para-hydroxylation sites is 1. The molecule has 0 unspecified atom stereocenters. The summed E-state index contributed by atoms with van der Waals surface area (Å²) >= 11 is 0. The van der Waals surface area contributed by atoms with Crippen LogP contribution in [0.5, 0.6) is 5.75 Å². The molecule has 4 nitrogen and oxygen atoms in total. The van der Waals surface area contributed by atoms with Gasteiger partial charge >= 0.3 is 0 Å². The lowest BCUT2D eigenvalue weighted by Gasteiger charge is -2.12. The molecular weight excluding hydrogens is 242 g/mol. The molecule has 19 heavy (non-hydrogen) atoms. The quantitative estimate of drug-likeness (QED) is 0.657. The lowest BCUT2D eigenvalue weighted by atomic mass is 10.2. The molecular formula is C15H23NO3. The third-order valence-corrected chi connectivity index (χ3v) is 3.05. The van der Waals surface area contributed by atoms with Crippen LogP contribution in [0.25, 0.3) is 0 Å². The molecule has 1 fully saturated rings. The Morgan fingerprint density at radius 2 is 1.89 bits per heavy atom.